The summed E-state index contributed by atoms with van der Waals surface area (Å²) in [5, 5.41) is 15.1. The van der Waals surface area contributed by atoms with E-state index in [1.54, 1.807) is 25.1 Å². The van der Waals surface area contributed by atoms with Crippen LogP contribution >= 0.6 is 11.3 Å². The normalized spacial score (nSPS) is 11.1. The first-order chi connectivity index (χ1) is 17.5. The van der Waals surface area contributed by atoms with Crippen LogP contribution in [0.25, 0.3) is 10.6 Å². The molecule has 3 aromatic rings. The van der Waals surface area contributed by atoms with Gasteiger partial charge < -0.3 is 14.2 Å². The van der Waals surface area contributed by atoms with Gasteiger partial charge in [-0.2, -0.15) is 5.26 Å². The third-order valence-corrected chi connectivity index (χ3v) is 6.99. The van der Waals surface area contributed by atoms with Gasteiger partial charge >= 0.3 is 11.9 Å². The third-order valence-electron chi connectivity index (χ3n) is 4.87. The van der Waals surface area contributed by atoms with Crippen LogP contribution in [0.1, 0.15) is 45.1 Å². The Balaban J connectivity index is 1.58. The van der Waals surface area contributed by atoms with E-state index in [9.17, 15) is 23.3 Å². The van der Waals surface area contributed by atoms with Gasteiger partial charge in [-0.25, -0.2) is 28.1 Å². The molecule has 1 heterocycles. The predicted molar refractivity (Wildman–Crippen MR) is 136 cm³/mol. The van der Waals surface area contributed by atoms with Crippen molar-refractivity contribution in [3.63, 3.8) is 0 Å². The molecular weight excluding hydrogens is 518 g/mol. The highest BCUT2D eigenvalue weighted by Crippen LogP contribution is 2.31. The lowest BCUT2D eigenvalue weighted by atomic mass is 10.1. The third kappa shape index (κ3) is 7.36. The summed E-state index contributed by atoms with van der Waals surface area (Å²) in [7, 11) is -3.87. The Morgan fingerprint density at radius 3 is 2.32 bits per heavy atom. The average molecular weight is 544 g/mol. The Morgan fingerprint density at radius 1 is 1.08 bits per heavy atom. The number of esters is 2. The topological polar surface area (TPSA) is 159 Å². The fourth-order valence-corrected chi connectivity index (χ4v) is 4.51. The zero-order valence-corrected chi connectivity index (χ0v) is 22.0. The van der Waals surface area contributed by atoms with Crippen molar-refractivity contribution in [3.8, 4) is 22.4 Å². The lowest BCUT2D eigenvalue weighted by molar-refractivity contribution is 0.0268. The smallest absolute Gasteiger partial charge is 0.350 e. The van der Waals surface area contributed by atoms with Crippen LogP contribution in [0.3, 0.4) is 0 Å². The van der Waals surface area contributed by atoms with Gasteiger partial charge in [-0.1, -0.05) is 13.8 Å². The first-order valence-corrected chi connectivity index (χ1v) is 13.5. The highest BCUT2D eigenvalue weighted by atomic mass is 32.2. The van der Waals surface area contributed by atoms with Crippen LogP contribution in [0.4, 0.5) is 0 Å². The Labute approximate surface area is 218 Å². The molecule has 2 N–H and O–H groups in total. The van der Waals surface area contributed by atoms with Crippen molar-refractivity contribution in [1.82, 2.24) is 4.98 Å². The van der Waals surface area contributed by atoms with Crippen molar-refractivity contribution in [1.29, 1.82) is 5.26 Å². The Hall–Kier alpha value is -3.79. The largest absolute Gasteiger partial charge is 0.492 e. The maximum atomic E-state index is 12.5. The monoisotopic (exact) mass is 543 g/mol. The summed E-state index contributed by atoms with van der Waals surface area (Å²) in [6.07, 6.45) is 0. The van der Waals surface area contributed by atoms with E-state index in [0.29, 0.717) is 45.0 Å². The fraction of sp³-hybridized carbons (Fsp3) is 0.280. The molecule has 194 valence electrons. The quantitative estimate of drug-likeness (QED) is 0.297. The van der Waals surface area contributed by atoms with Gasteiger partial charge in [0.1, 0.15) is 34.9 Å². The summed E-state index contributed by atoms with van der Waals surface area (Å²) in [4.78, 5) is 29.2. The summed E-state index contributed by atoms with van der Waals surface area (Å²) in [6.45, 7) is 5.80. The van der Waals surface area contributed by atoms with Gasteiger partial charge in [0.25, 0.3) is 0 Å². The molecule has 0 saturated carbocycles. The van der Waals surface area contributed by atoms with Crippen molar-refractivity contribution in [2.75, 3.05) is 19.8 Å². The minimum Gasteiger partial charge on any atom is -0.492 e. The second-order valence-electron chi connectivity index (χ2n) is 8.30. The van der Waals surface area contributed by atoms with Crippen molar-refractivity contribution in [2.45, 2.75) is 25.7 Å². The second kappa shape index (κ2) is 12.0. The van der Waals surface area contributed by atoms with E-state index >= 15 is 0 Å². The molecule has 0 aliphatic carbocycles. The number of hydrogen-bond donors (Lipinski definition) is 1. The molecule has 0 fully saturated rings. The molecule has 0 aliphatic rings. The number of hydrogen-bond acceptors (Lipinski definition) is 10. The van der Waals surface area contributed by atoms with E-state index in [1.807, 2.05) is 13.8 Å². The van der Waals surface area contributed by atoms with E-state index < -0.39 is 22.0 Å². The summed E-state index contributed by atoms with van der Waals surface area (Å²) >= 11 is 1.13. The minimum atomic E-state index is -3.87. The van der Waals surface area contributed by atoms with Crippen molar-refractivity contribution < 1.29 is 32.2 Å². The molecule has 12 heteroatoms. The molecule has 2 aromatic carbocycles. The summed E-state index contributed by atoms with van der Waals surface area (Å²) < 4.78 is 38.5. The number of ether oxygens (including phenoxy) is 3. The van der Waals surface area contributed by atoms with Crippen LogP contribution in [-0.4, -0.2) is 45.2 Å². The van der Waals surface area contributed by atoms with Gasteiger partial charge in [0.05, 0.1) is 28.3 Å². The fourth-order valence-electron chi connectivity index (χ4n) is 3.04. The van der Waals surface area contributed by atoms with E-state index in [0.717, 1.165) is 11.3 Å². The van der Waals surface area contributed by atoms with Crippen LogP contribution in [0.15, 0.2) is 47.4 Å². The summed E-state index contributed by atoms with van der Waals surface area (Å²) in [6, 6.07) is 12.2. The number of thiazole rings is 1. The maximum Gasteiger partial charge on any atom is 0.350 e. The average Bonchev–Trinajstić information content (AvgIpc) is 3.26. The lowest BCUT2D eigenvalue weighted by Gasteiger charge is -2.10. The molecule has 0 radical (unpaired) electrons. The number of nitriles is 1. The van der Waals surface area contributed by atoms with E-state index in [4.69, 9.17) is 19.3 Å². The van der Waals surface area contributed by atoms with E-state index in [-0.39, 0.29) is 23.7 Å². The molecule has 0 bridgehead atoms. The van der Waals surface area contributed by atoms with Gasteiger partial charge in [-0.3, -0.25) is 0 Å². The molecule has 0 spiro atoms. The molecule has 0 saturated heterocycles. The lowest BCUT2D eigenvalue weighted by Crippen LogP contribution is -2.15. The molecule has 0 aliphatic heterocycles. The van der Waals surface area contributed by atoms with Crippen LogP contribution < -0.4 is 9.88 Å². The molecule has 37 heavy (non-hydrogen) atoms. The maximum absolute atomic E-state index is 12.5. The minimum absolute atomic E-state index is 0.124. The summed E-state index contributed by atoms with van der Waals surface area (Å²) in [5.74, 6) is -0.522. The van der Waals surface area contributed by atoms with Crippen molar-refractivity contribution >= 4 is 33.3 Å². The summed E-state index contributed by atoms with van der Waals surface area (Å²) in [5.41, 5.74) is 1.63. The highest BCUT2D eigenvalue weighted by Gasteiger charge is 2.19. The van der Waals surface area contributed by atoms with Gasteiger partial charge in [0.2, 0.25) is 10.0 Å². The first kappa shape index (κ1) is 27.8. The number of primary sulfonamides is 1. The van der Waals surface area contributed by atoms with Crippen LogP contribution in [0.2, 0.25) is 0 Å². The zero-order valence-electron chi connectivity index (χ0n) is 20.4. The molecule has 0 amide bonds. The number of aryl methyl sites for hydroxylation is 1. The molecule has 10 nitrogen and oxygen atoms in total. The second-order valence-corrected chi connectivity index (χ2v) is 10.9. The number of nitrogens with two attached hydrogens (primary N) is 1. The number of rotatable bonds is 10. The number of sulfonamides is 1. The molecule has 1 aromatic heterocycles. The highest BCUT2D eigenvalue weighted by molar-refractivity contribution is 7.89. The number of carbonyl (C=O) groups is 2. The molecule has 3 rings (SSSR count). The van der Waals surface area contributed by atoms with Crippen LogP contribution in [0.5, 0.6) is 5.75 Å². The Bertz CT molecular complexity index is 1440. The standard InChI is InChI=1S/C25H25N3O7S2/c1-15(2)14-35-21-9-6-18(12-19(21)13-26)23-28-16(3)22(36-23)25(30)34-11-10-33-24(29)17-4-7-20(8-5-17)37(27,31)32/h4-9,12,15H,10-11,14H2,1-3H3,(H2,27,31,32). The predicted octanol–water partition coefficient (Wildman–Crippen LogP) is 3.69. The van der Waals surface area contributed by atoms with Gasteiger partial charge in [-0.05, 0) is 55.3 Å². The zero-order chi connectivity index (χ0) is 27.2. The van der Waals surface area contributed by atoms with Gasteiger partial charge in [0, 0.05) is 5.56 Å². The number of benzene rings is 2. The molecular formula is C25H25N3O7S2. The van der Waals surface area contributed by atoms with Crippen LogP contribution in [-0.2, 0) is 19.5 Å². The van der Waals surface area contributed by atoms with E-state index in [1.165, 1.54) is 24.3 Å². The Kier molecular flexibility index (Phi) is 8.99. The van der Waals surface area contributed by atoms with Crippen LogP contribution in [0, 0.1) is 24.2 Å². The Morgan fingerprint density at radius 2 is 1.73 bits per heavy atom. The number of carbonyl (C=O) groups excluding carboxylic acids is 2. The van der Waals surface area contributed by atoms with Crippen molar-refractivity contribution in [3.05, 3.63) is 64.2 Å². The van der Waals surface area contributed by atoms with Crippen molar-refractivity contribution in [2.24, 2.45) is 11.1 Å². The number of nitrogens with zero attached hydrogens (tertiary/aromatic N) is 2. The van der Waals surface area contributed by atoms with Gasteiger partial charge in [-0.15, -0.1) is 11.3 Å². The SMILES string of the molecule is Cc1nc(-c2ccc(OCC(C)C)c(C#N)c2)sc1C(=O)OCCOC(=O)c1ccc(S(N)(=O)=O)cc1. The van der Waals surface area contributed by atoms with E-state index in [2.05, 4.69) is 11.1 Å². The van der Waals surface area contributed by atoms with Gasteiger partial charge in [0.15, 0.2) is 0 Å². The molecule has 0 unspecified atom stereocenters. The first-order valence-electron chi connectivity index (χ1n) is 11.1. The molecule has 0 atom stereocenters. The number of aromatic nitrogens is 1.